The SMILES string of the molecule is CCC(C)NC(=O)c1nn(C)c2ccccc2c1=O. The molecule has 5 nitrogen and oxygen atoms in total. The van der Waals surface area contributed by atoms with Gasteiger partial charge in [0.25, 0.3) is 5.91 Å². The summed E-state index contributed by atoms with van der Waals surface area (Å²) in [7, 11) is 1.72. The summed E-state index contributed by atoms with van der Waals surface area (Å²) in [4.78, 5) is 24.3. The predicted molar refractivity (Wildman–Crippen MR) is 74.2 cm³/mol. The van der Waals surface area contributed by atoms with Crippen LogP contribution in [0.2, 0.25) is 0 Å². The van der Waals surface area contributed by atoms with E-state index in [1.807, 2.05) is 19.9 Å². The summed E-state index contributed by atoms with van der Waals surface area (Å²) in [6.07, 6.45) is 0.805. The standard InChI is InChI=1S/C14H17N3O2/c1-4-9(2)15-14(19)12-13(18)10-7-5-6-8-11(10)17(3)16-12/h5-9H,4H2,1-3H3,(H,15,19). The summed E-state index contributed by atoms with van der Waals surface area (Å²) >= 11 is 0. The predicted octanol–water partition coefficient (Wildman–Crippen LogP) is 1.46. The molecule has 1 atom stereocenters. The van der Waals surface area contributed by atoms with Crippen LogP contribution in [-0.2, 0) is 7.05 Å². The number of hydrogen-bond acceptors (Lipinski definition) is 3. The van der Waals surface area contributed by atoms with Crippen LogP contribution in [0.1, 0.15) is 30.8 Å². The van der Waals surface area contributed by atoms with Crippen molar-refractivity contribution in [1.82, 2.24) is 15.1 Å². The zero-order valence-corrected chi connectivity index (χ0v) is 11.3. The van der Waals surface area contributed by atoms with E-state index >= 15 is 0 Å². The molecule has 0 saturated carbocycles. The van der Waals surface area contributed by atoms with Crippen molar-refractivity contribution in [3.8, 4) is 0 Å². The molecular weight excluding hydrogens is 242 g/mol. The van der Waals surface area contributed by atoms with Gasteiger partial charge in [-0.15, -0.1) is 0 Å². The molecule has 0 aliphatic carbocycles. The van der Waals surface area contributed by atoms with Crippen LogP contribution in [0.5, 0.6) is 0 Å². The molecule has 1 unspecified atom stereocenters. The number of aryl methyl sites for hydroxylation is 1. The summed E-state index contributed by atoms with van der Waals surface area (Å²) in [5, 5.41) is 7.35. The second kappa shape index (κ2) is 5.22. The first-order valence-electron chi connectivity index (χ1n) is 6.31. The molecule has 5 heteroatoms. The van der Waals surface area contributed by atoms with E-state index in [1.165, 1.54) is 0 Å². The van der Waals surface area contributed by atoms with Crippen LogP contribution >= 0.6 is 0 Å². The largest absolute Gasteiger partial charge is 0.348 e. The van der Waals surface area contributed by atoms with Crippen LogP contribution in [0, 0.1) is 0 Å². The van der Waals surface area contributed by atoms with E-state index < -0.39 is 5.91 Å². The van der Waals surface area contributed by atoms with Crippen molar-refractivity contribution in [1.29, 1.82) is 0 Å². The Morgan fingerprint density at radius 3 is 2.79 bits per heavy atom. The molecule has 100 valence electrons. The lowest BCUT2D eigenvalue weighted by atomic mass is 10.2. The van der Waals surface area contributed by atoms with Crippen LogP contribution < -0.4 is 10.7 Å². The summed E-state index contributed by atoms with van der Waals surface area (Å²) in [6.45, 7) is 3.86. The van der Waals surface area contributed by atoms with Gasteiger partial charge in [-0.3, -0.25) is 14.3 Å². The summed E-state index contributed by atoms with van der Waals surface area (Å²) in [5.74, 6) is -0.416. The maximum atomic E-state index is 12.3. The van der Waals surface area contributed by atoms with Gasteiger partial charge in [0.15, 0.2) is 5.69 Å². The fourth-order valence-corrected chi connectivity index (χ4v) is 1.87. The number of fused-ring (bicyclic) bond motifs is 1. The van der Waals surface area contributed by atoms with Gasteiger partial charge >= 0.3 is 0 Å². The molecular formula is C14H17N3O2. The molecule has 19 heavy (non-hydrogen) atoms. The van der Waals surface area contributed by atoms with E-state index in [9.17, 15) is 9.59 Å². The van der Waals surface area contributed by atoms with E-state index in [2.05, 4.69) is 10.4 Å². The number of nitrogens with zero attached hydrogens (tertiary/aromatic N) is 2. The Morgan fingerprint density at radius 2 is 2.11 bits per heavy atom. The molecule has 0 saturated heterocycles. The monoisotopic (exact) mass is 259 g/mol. The number of amides is 1. The topological polar surface area (TPSA) is 64.0 Å². The third kappa shape index (κ3) is 2.50. The van der Waals surface area contributed by atoms with Crippen molar-refractivity contribution in [3.05, 3.63) is 40.2 Å². The van der Waals surface area contributed by atoms with Gasteiger partial charge in [-0.25, -0.2) is 0 Å². The summed E-state index contributed by atoms with van der Waals surface area (Å²) in [6, 6.07) is 7.15. The molecule has 0 aliphatic heterocycles. The Kier molecular flexibility index (Phi) is 3.64. The highest BCUT2D eigenvalue weighted by Gasteiger charge is 2.17. The van der Waals surface area contributed by atoms with E-state index in [0.29, 0.717) is 10.9 Å². The van der Waals surface area contributed by atoms with Crippen molar-refractivity contribution < 1.29 is 4.79 Å². The average molecular weight is 259 g/mol. The van der Waals surface area contributed by atoms with Crippen LogP contribution in [-0.4, -0.2) is 21.7 Å². The van der Waals surface area contributed by atoms with Gasteiger partial charge in [0.2, 0.25) is 5.43 Å². The van der Waals surface area contributed by atoms with Crippen LogP contribution in [0.15, 0.2) is 29.1 Å². The fraction of sp³-hybridized carbons (Fsp3) is 0.357. The molecule has 0 fully saturated rings. The molecule has 1 amide bonds. The van der Waals surface area contributed by atoms with Crippen molar-refractivity contribution in [2.24, 2.45) is 7.05 Å². The normalized spacial score (nSPS) is 12.4. The van der Waals surface area contributed by atoms with Gasteiger partial charge in [0, 0.05) is 18.5 Å². The Labute approximate surface area is 111 Å². The molecule has 1 N–H and O–H groups in total. The highest BCUT2D eigenvalue weighted by Crippen LogP contribution is 2.08. The van der Waals surface area contributed by atoms with Gasteiger partial charge < -0.3 is 5.32 Å². The number of rotatable bonds is 3. The van der Waals surface area contributed by atoms with E-state index in [1.54, 1.807) is 29.9 Å². The number of carbonyl (C=O) groups is 1. The molecule has 0 spiro atoms. The summed E-state index contributed by atoms with van der Waals surface area (Å²) in [5.41, 5.74) is 0.337. The summed E-state index contributed by atoms with van der Waals surface area (Å²) < 4.78 is 1.56. The molecule has 1 heterocycles. The number of carbonyl (C=O) groups excluding carboxylic acids is 1. The number of para-hydroxylation sites is 1. The first-order valence-corrected chi connectivity index (χ1v) is 6.31. The zero-order chi connectivity index (χ0) is 14.0. The lowest BCUT2D eigenvalue weighted by Gasteiger charge is -2.12. The minimum atomic E-state index is -0.416. The van der Waals surface area contributed by atoms with Gasteiger partial charge in [-0.2, -0.15) is 5.10 Å². The Hall–Kier alpha value is -2.17. The fourth-order valence-electron chi connectivity index (χ4n) is 1.87. The van der Waals surface area contributed by atoms with Crippen LogP contribution in [0.25, 0.3) is 10.9 Å². The van der Waals surface area contributed by atoms with Gasteiger partial charge in [-0.05, 0) is 25.5 Å². The molecule has 2 aromatic rings. The minimum Gasteiger partial charge on any atom is -0.348 e. The Bertz CT molecular complexity index is 676. The average Bonchev–Trinajstić information content (AvgIpc) is 2.42. The first-order chi connectivity index (χ1) is 9.04. The van der Waals surface area contributed by atoms with E-state index in [-0.39, 0.29) is 17.2 Å². The maximum absolute atomic E-state index is 12.3. The lowest BCUT2D eigenvalue weighted by molar-refractivity contribution is 0.0931. The molecule has 0 bridgehead atoms. The maximum Gasteiger partial charge on any atom is 0.276 e. The van der Waals surface area contributed by atoms with Crippen molar-refractivity contribution in [2.75, 3.05) is 0 Å². The van der Waals surface area contributed by atoms with E-state index in [4.69, 9.17) is 0 Å². The zero-order valence-electron chi connectivity index (χ0n) is 11.3. The third-order valence-corrected chi connectivity index (χ3v) is 3.17. The Morgan fingerprint density at radius 1 is 1.42 bits per heavy atom. The number of nitrogens with one attached hydrogen (secondary N) is 1. The van der Waals surface area contributed by atoms with E-state index in [0.717, 1.165) is 6.42 Å². The van der Waals surface area contributed by atoms with Crippen molar-refractivity contribution in [2.45, 2.75) is 26.3 Å². The van der Waals surface area contributed by atoms with Crippen molar-refractivity contribution >= 4 is 16.8 Å². The highest BCUT2D eigenvalue weighted by atomic mass is 16.2. The van der Waals surface area contributed by atoms with Gasteiger partial charge in [-0.1, -0.05) is 19.1 Å². The molecule has 1 aromatic heterocycles. The van der Waals surface area contributed by atoms with Gasteiger partial charge in [0.1, 0.15) is 0 Å². The highest BCUT2D eigenvalue weighted by molar-refractivity contribution is 5.95. The quantitative estimate of drug-likeness (QED) is 0.907. The number of hydrogen-bond donors (Lipinski definition) is 1. The minimum absolute atomic E-state index is 0.0190. The van der Waals surface area contributed by atoms with Gasteiger partial charge in [0.05, 0.1) is 5.52 Å². The third-order valence-electron chi connectivity index (χ3n) is 3.17. The van der Waals surface area contributed by atoms with Crippen LogP contribution in [0.4, 0.5) is 0 Å². The number of benzene rings is 1. The number of aromatic nitrogens is 2. The molecule has 1 aromatic carbocycles. The first kappa shape index (κ1) is 13.3. The Balaban J connectivity index is 2.53. The molecule has 0 radical (unpaired) electrons. The lowest BCUT2D eigenvalue weighted by Crippen LogP contribution is -2.36. The molecule has 0 aliphatic rings. The smallest absolute Gasteiger partial charge is 0.276 e. The second-order valence-electron chi connectivity index (χ2n) is 4.60. The van der Waals surface area contributed by atoms with Crippen molar-refractivity contribution in [3.63, 3.8) is 0 Å². The molecule has 2 rings (SSSR count). The second-order valence-corrected chi connectivity index (χ2v) is 4.60. The van der Waals surface area contributed by atoms with Crippen LogP contribution in [0.3, 0.4) is 0 Å².